The molecule has 0 rings (SSSR count). The number of unbranched alkanes of at least 4 members (excludes halogenated alkanes) is 1. The molecular weight excluding hydrogens is 180 g/mol. The van der Waals surface area contributed by atoms with Gasteiger partial charge in [-0.25, -0.2) is 0 Å². The number of allylic oxidation sites excluding steroid dienone is 4. The van der Waals surface area contributed by atoms with Crippen molar-refractivity contribution in [3.63, 3.8) is 0 Å². The SMILES string of the molecule is C=C/C(=C\C=C/C)SCCCC=O. The van der Waals surface area contributed by atoms with Crippen LogP contribution < -0.4 is 0 Å². The number of carbonyl (C=O) groups excluding carboxylic acids is 1. The van der Waals surface area contributed by atoms with E-state index in [4.69, 9.17) is 0 Å². The van der Waals surface area contributed by atoms with Crippen LogP contribution in [0.5, 0.6) is 0 Å². The Labute approximate surface area is 84.6 Å². The zero-order valence-electron chi connectivity index (χ0n) is 8.03. The lowest BCUT2D eigenvalue weighted by Gasteiger charge is -1.98. The lowest BCUT2D eigenvalue weighted by Crippen LogP contribution is -1.81. The first kappa shape index (κ1) is 12.2. The summed E-state index contributed by atoms with van der Waals surface area (Å²) in [5.41, 5.74) is 0. The molecule has 0 radical (unpaired) electrons. The van der Waals surface area contributed by atoms with E-state index in [-0.39, 0.29) is 0 Å². The van der Waals surface area contributed by atoms with Crippen LogP contribution in [-0.4, -0.2) is 12.0 Å². The quantitative estimate of drug-likeness (QED) is 0.353. The highest BCUT2D eigenvalue weighted by Crippen LogP contribution is 2.17. The molecule has 0 fully saturated rings. The summed E-state index contributed by atoms with van der Waals surface area (Å²) >= 11 is 1.73. The summed E-state index contributed by atoms with van der Waals surface area (Å²) in [4.78, 5) is 11.2. The summed E-state index contributed by atoms with van der Waals surface area (Å²) in [5.74, 6) is 0.980. The molecular formula is C11H16OS. The topological polar surface area (TPSA) is 17.1 Å². The van der Waals surface area contributed by atoms with Crippen molar-refractivity contribution in [3.05, 3.63) is 35.8 Å². The summed E-state index contributed by atoms with van der Waals surface area (Å²) in [6.45, 7) is 5.70. The maximum atomic E-state index is 10.0. The highest BCUT2D eigenvalue weighted by Gasteiger charge is 1.91. The maximum absolute atomic E-state index is 10.0. The van der Waals surface area contributed by atoms with Crippen molar-refractivity contribution in [2.24, 2.45) is 0 Å². The number of hydrogen-bond acceptors (Lipinski definition) is 2. The van der Waals surface area contributed by atoms with Crippen molar-refractivity contribution in [1.82, 2.24) is 0 Å². The Kier molecular flexibility index (Phi) is 8.78. The van der Waals surface area contributed by atoms with Crippen LogP contribution in [0.4, 0.5) is 0 Å². The van der Waals surface area contributed by atoms with E-state index in [1.165, 1.54) is 0 Å². The van der Waals surface area contributed by atoms with Crippen LogP contribution in [0.1, 0.15) is 19.8 Å². The number of rotatable bonds is 7. The Hall–Kier alpha value is -0.760. The van der Waals surface area contributed by atoms with Crippen LogP contribution in [0.3, 0.4) is 0 Å². The van der Waals surface area contributed by atoms with Gasteiger partial charge < -0.3 is 4.79 Å². The first-order valence-electron chi connectivity index (χ1n) is 4.37. The van der Waals surface area contributed by atoms with E-state index in [1.54, 1.807) is 11.8 Å². The number of carbonyl (C=O) groups is 1. The molecule has 0 aromatic heterocycles. The molecule has 0 N–H and O–H groups in total. The number of hydrogen-bond donors (Lipinski definition) is 0. The summed E-state index contributed by atoms with van der Waals surface area (Å²) in [6.07, 6.45) is 10.4. The molecule has 1 nitrogen and oxygen atoms in total. The molecule has 0 amide bonds. The lowest BCUT2D eigenvalue weighted by molar-refractivity contribution is -0.107. The second-order valence-corrected chi connectivity index (χ2v) is 3.62. The summed E-state index contributed by atoms with van der Waals surface area (Å²) in [7, 11) is 0. The largest absolute Gasteiger partial charge is 0.303 e. The van der Waals surface area contributed by atoms with Gasteiger partial charge >= 0.3 is 0 Å². The smallest absolute Gasteiger partial charge is 0.120 e. The molecule has 0 aliphatic carbocycles. The highest BCUT2D eigenvalue weighted by atomic mass is 32.2. The lowest BCUT2D eigenvalue weighted by atomic mass is 10.4. The molecule has 0 bridgehead atoms. The molecule has 72 valence electrons. The third-order valence-electron chi connectivity index (χ3n) is 1.39. The van der Waals surface area contributed by atoms with E-state index in [1.807, 2.05) is 31.2 Å². The fraction of sp³-hybridized carbons (Fsp3) is 0.364. The van der Waals surface area contributed by atoms with E-state index < -0.39 is 0 Å². The van der Waals surface area contributed by atoms with Crippen LogP contribution in [0.2, 0.25) is 0 Å². The summed E-state index contributed by atoms with van der Waals surface area (Å²) in [5, 5.41) is 0. The van der Waals surface area contributed by atoms with Gasteiger partial charge in [-0.1, -0.05) is 24.8 Å². The zero-order chi connectivity index (χ0) is 9.94. The van der Waals surface area contributed by atoms with Crippen molar-refractivity contribution in [2.75, 3.05) is 5.75 Å². The van der Waals surface area contributed by atoms with Gasteiger partial charge in [0.25, 0.3) is 0 Å². The zero-order valence-corrected chi connectivity index (χ0v) is 8.85. The third kappa shape index (κ3) is 7.60. The van der Waals surface area contributed by atoms with Crippen molar-refractivity contribution in [2.45, 2.75) is 19.8 Å². The standard InChI is InChI=1S/C11H16OS/c1-3-5-8-11(4-2)13-10-7-6-9-12/h3-5,8-9H,2,6-7,10H2,1H3/b5-3-,11-8+. The summed E-state index contributed by atoms with van der Waals surface area (Å²) < 4.78 is 0. The van der Waals surface area contributed by atoms with Crippen molar-refractivity contribution in [3.8, 4) is 0 Å². The van der Waals surface area contributed by atoms with Crippen LogP contribution in [0, 0.1) is 0 Å². The highest BCUT2D eigenvalue weighted by molar-refractivity contribution is 8.03. The van der Waals surface area contributed by atoms with Gasteiger partial charge in [0.05, 0.1) is 0 Å². The van der Waals surface area contributed by atoms with Gasteiger partial charge in [-0.2, -0.15) is 0 Å². The predicted molar refractivity (Wildman–Crippen MR) is 60.9 cm³/mol. The maximum Gasteiger partial charge on any atom is 0.120 e. The van der Waals surface area contributed by atoms with Gasteiger partial charge in [0.2, 0.25) is 0 Å². The molecule has 0 heterocycles. The minimum Gasteiger partial charge on any atom is -0.303 e. The summed E-state index contributed by atoms with van der Waals surface area (Å²) in [6, 6.07) is 0. The average Bonchev–Trinajstić information content (AvgIpc) is 2.17. The third-order valence-corrected chi connectivity index (χ3v) is 2.52. The van der Waals surface area contributed by atoms with E-state index in [9.17, 15) is 4.79 Å². The molecule has 2 heteroatoms. The number of aldehydes is 1. The Morgan fingerprint density at radius 2 is 2.31 bits per heavy atom. The van der Waals surface area contributed by atoms with Crippen LogP contribution in [0.25, 0.3) is 0 Å². The average molecular weight is 196 g/mol. The second kappa shape index (κ2) is 9.33. The fourth-order valence-corrected chi connectivity index (χ4v) is 1.56. The minimum atomic E-state index is 0.654. The molecule has 0 aliphatic heterocycles. The second-order valence-electron chi connectivity index (χ2n) is 2.46. The van der Waals surface area contributed by atoms with E-state index >= 15 is 0 Å². The Bertz CT molecular complexity index is 204. The Morgan fingerprint density at radius 3 is 2.85 bits per heavy atom. The van der Waals surface area contributed by atoms with Gasteiger partial charge in [-0.15, -0.1) is 11.8 Å². The van der Waals surface area contributed by atoms with Gasteiger partial charge in [-0.3, -0.25) is 0 Å². The molecule has 13 heavy (non-hydrogen) atoms. The van der Waals surface area contributed by atoms with Crippen molar-refractivity contribution >= 4 is 18.0 Å². The Balaban J connectivity index is 3.71. The van der Waals surface area contributed by atoms with Crippen LogP contribution >= 0.6 is 11.8 Å². The van der Waals surface area contributed by atoms with E-state index in [0.29, 0.717) is 6.42 Å². The normalized spacial score (nSPS) is 11.9. The molecule has 0 atom stereocenters. The molecule has 0 spiro atoms. The van der Waals surface area contributed by atoms with Gasteiger partial charge in [0.15, 0.2) is 0 Å². The molecule has 0 saturated heterocycles. The van der Waals surface area contributed by atoms with Gasteiger partial charge in [0.1, 0.15) is 6.29 Å². The van der Waals surface area contributed by atoms with E-state index in [2.05, 4.69) is 6.58 Å². The van der Waals surface area contributed by atoms with Crippen molar-refractivity contribution < 1.29 is 4.79 Å². The number of thioether (sulfide) groups is 1. The van der Waals surface area contributed by atoms with Crippen LogP contribution in [-0.2, 0) is 4.79 Å². The molecule has 0 aromatic carbocycles. The first-order valence-corrected chi connectivity index (χ1v) is 5.35. The molecule has 0 saturated carbocycles. The van der Waals surface area contributed by atoms with Gasteiger partial charge in [-0.05, 0) is 25.2 Å². The predicted octanol–water partition coefficient (Wildman–Crippen LogP) is 3.34. The molecule has 0 unspecified atom stereocenters. The molecule has 0 aliphatic rings. The van der Waals surface area contributed by atoms with Crippen LogP contribution in [0.15, 0.2) is 35.8 Å². The van der Waals surface area contributed by atoms with Crippen molar-refractivity contribution in [1.29, 1.82) is 0 Å². The monoisotopic (exact) mass is 196 g/mol. The molecule has 0 aromatic rings. The first-order chi connectivity index (χ1) is 6.35. The van der Waals surface area contributed by atoms with Gasteiger partial charge in [0, 0.05) is 11.3 Å². The fourth-order valence-electron chi connectivity index (χ4n) is 0.723. The Morgan fingerprint density at radius 1 is 1.54 bits per heavy atom. The minimum absolute atomic E-state index is 0.654. The van der Waals surface area contributed by atoms with E-state index in [0.717, 1.165) is 23.4 Å².